The first-order chi connectivity index (χ1) is 9.33. The van der Waals surface area contributed by atoms with Crippen LogP contribution in [0.15, 0.2) is 0 Å². The number of piperidine rings is 1. The summed E-state index contributed by atoms with van der Waals surface area (Å²) in [6.45, 7) is 7.77. The van der Waals surface area contributed by atoms with Gasteiger partial charge in [0, 0.05) is 26.2 Å². The van der Waals surface area contributed by atoms with Crippen molar-refractivity contribution in [2.75, 3.05) is 45.8 Å². The summed E-state index contributed by atoms with van der Waals surface area (Å²) in [5, 5.41) is 3.30. The second-order valence-corrected chi connectivity index (χ2v) is 6.47. The smallest absolute Gasteiger partial charge is 0.227 e. The molecule has 3 fully saturated rings. The molecule has 3 heterocycles. The minimum atomic E-state index is 0.259. The maximum Gasteiger partial charge on any atom is 0.227 e. The molecule has 0 aromatic heterocycles. The number of nitrogens with one attached hydrogen (secondary N) is 1. The summed E-state index contributed by atoms with van der Waals surface area (Å²) in [4.78, 5) is 17.1. The number of likely N-dealkylation sites (tertiary alicyclic amines) is 2. The first-order valence-corrected chi connectivity index (χ1v) is 8.05. The van der Waals surface area contributed by atoms with Crippen LogP contribution in [0.5, 0.6) is 0 Å². The van der Waals surface area contributed by atoms with Gasteiger partial charge in [-0.3, -0.25) is 4.79 Å². The van der Waals surface area contributed by atoms with Crippen LogP contribution < -0.4 is 5.32 Å². The second kappa shape index (κ2) is 6.23. The molecule has 4 nitrogen and oxygen atoms in total. The van der Waals surface area contributed by atoms with Crippen molar-refractivity contribution in [1.82, 2.24) is 15.1 Å². The molecule has 1 N–H and O–H groups in total. The lowest BCUT2D eigenvalue weighted by Gasteiger charge is -2.35. The Morgan fingerprint density at radius 2 is 1.79 bits per heavy atom. The third-order valence-electron chi connectivity index (χ3n) is 5.05. The van der Waals surface area contributed by atoms with Gasteiger partial charge in [0.05, 0.1) is 5.92 Å². The van der Waals surface area contributed by atoms with Crippen LogP contribution in [0.4, 0.5) is 0 Å². The Balaban J connectivity index is 1.42. The van der Waals surface area contributed by atoms with E-state index >= 15 is 0 Å². The molecule has 1 unspecified atom stereocenters. The number of hydrogen-bond donors (Lipinski definition) is 1. The van der Waals surface area contributed by atoms with E-state index in [4.69, 9.17) is 0 Å². The van der Waals surface area contributed by atoms with Gasteiger partial charge in [0.25, 0.3) is 0 Å². The monoisotopic (exact) mass is 265 g/mol. The topological polar surface area (TPSA) is 35.6 Å². The SMILES string of the molecule is O=C(C1CCNC1)N1CCC(CN2CCCC2)CC1. The van der Waals surface area contributed by atoms with Crippen LogP contribution in [-0.4, -0.2) is 61.5 Å². The van der Waals surface area contributed by atoms with Crippen LogP contribution in [-0.2, 0) is 4.79 Å². The number of rotatable bonds is 3. The minimum Gasteiger partial charge on any atom is -0.342 e. The van der Waals surface area contributed by atoms with Gasteiger partial charge < -0.3 is 15.1 Å². The molecule has 3 rings (SSSR count). The zero-order valence-corrected chi connectivity index (χ0v) is 11.9. The zero-order chi connectivity index (χ0) is 13.1. The molecule has 0 radical (unpaired) electrons. The lowest BCUT2D eigenvalue weighted by molar-refractivity contribution is -0.136. The van der Waals surface area contributed by atoms with Crippen molar-refractivity contribution in [3.8, 4) is 0 Å². The average molecular weight is 265 g/mol. The Hall–Kier alpha value is -0.610. The molecule has 0 bridgehead atoms. The number of hydrogen-bond acceptors (Lipinski definition) is 3. The molecule has 1 amide bonds. The molecule has 0 spiro atoms. The first kappa shape index (κ1) is 13.4. The molecule has 3 saturated heterocycles. The molecule has 19 heavy (non-hydrogen) atoms. The van der Waals surface area contributed by atoms with Gasteiger partial charge in [-0.2, -0.15) is 0 Å². The van der Waals surface area contributed by atoms with Crippen LogP contribution in [0, 0.1) is 11.8 Å². The normalized spacial score (nSPS) is 30.1. The molecule has 3 aliphatic heterocycles. The highest BCUT2D eigenvalue weighted by Crippen LogP contribution is 2.22. The molecule has 3 aliphatic rings. The Kier molecular flexibility index (Phi) is 4.38. The number of carbonyl (C=O) groups is 1. The van der Waals surface area contributed by atoms with Gasteiger partial charge >= 0.3 is 0 Å². The average Bonchev–Trinajstić information content (AvgIpc) is 3.12. The van der Waals surface area contributed by atoms with E-state index in [2.05, 4.69) is 15.1 Å². The third kappa shape index (κ3) is 3.29. The third-order valence-corrected chi connectivity index (χ3v) is 5.05. The van der Waals surface area contributed by atoms with Gasteiger partial charge in [-0.25, -0.2) is 0 Å². The van der Waals surface area contributed by atoms with Crippen molar-refractivity contribution >= 4 is 5.91 Å². The maximum absolute atomic E-state index is 12.3. The summed E-state index contributed by atoms with van der Waals surface area (Å²) in [5.74, 6) is 1.49. The van der Waals surface area contributed by atoms with Crippen molar-refractivity contribution in [2.45, 2.75) is 32.1 Å². The first-order valence-electron chi connectivity index (χ1n) is 8.05. The summed E-state index contributed by atoms with van der Waals surface area (Å²) < 4.78 is 0. The molecule has 0 saturated carbocycles. The Labute approximate surface area is 116 Å². The van der Waals surface area contributed by atoms with E-state index in [0.717, 1.165) is 38.5 Å². The molecule has 4 heteroatoms. The van der Waals surface area contributed by atoms with E-state index < -0.39 is 0 Å². The molecular formula is C15H27N3O. The van der Waals surface area contributed by atoms with Crippen molar-refractivity contribution in [3.63, 3.8) is 0 Å². The highest BCUT2D eigenvalue weighted by Gasteiger charge is 2.30. The Morgan fingerprint density at radius 3 is 2.42 bits per heavy atom. The van der Waals surface area contributed by atoms with Gasteiger partial charge in [-0.05, 0) is 57.7 Å². The standard InChI is InChI=1S/C15H27N3O/c19-15(14-3-6-16-11-14)18-9-4-13(5-10-18)12-17-7-1-2-8-17/h13-14,16H,1-12H2. The van der Waals surface area contributed by atoms with Crippen LogP contribution in [0.3, 0.4) is 0 Å². The predicted molar refractivity (Wildman–Crippen MR) is 76.0 cm³/mol. The molecule has 108 valence electrons. The van der Waals surface area contributed by atoms with E-state index in [0.29, 0.717) is 5.91 Å². The lowest BCUT2D eigenvalue weighted by atomic mass is 9.95. The highest BCUT2D eigenvalue weighted by atomic mass is 16.2. The summed E-state index contributed by atoms with van der Waals surface area (Å²) in [6.07, 6.45) is 6.22. The largest absolute Gasteiger partial charge is 0.342 e. The molecule has 0 aliphatic carbocycles. The Bertz CT molecular complexity index is 301. The van der Waals surface area contributed by atoms with E-state index in [1.54, 1.807) is 0 Å². The zero-order valence-electron chi connectivity index (χ0n) is 11.9. The van der Waals surface area contributed by atoms with Crippen LogP contribution in [0.1, 0.15) is 32.1 Å². The summed E-state index contributed by atoms with van der Waals surface area (Å²) in [6, 6.07) is 0. The van der Waals surface area contributed by atoms with E-state index in [1.807, 2.05) is 0 Å². The molecule has 1 atom stereocenters. The van der Waals surface area contributed by atoms with E-state index in [9.17, 15) is 4.79 Å². The molecule has 0 aromatic carbocycles. The van der Waals surface area contributed by atoms with Gasteiger partial charge in [0.2, 0.25) is 5.91 Å². The fraction of sp³-hybridized carbons (Fsp3) is 0.933. The second-order valence-electron chi connectivity index (χ2n) is 6.47. The van der Waals surface area contributed by atoms with Crippen LogP contribution >= 0.6 is 0 Å². The molecular weight excluding hydrogens is 238 g/mol. The van der Waals surface area contributed by atoms with Gasteiger partial charge in [-0.15, -0.1) is 0 Å². The quantitative estimate of drug-likeness (QED) is 0.824. The van der Waals surface area contributed by atoms with Crippen molar-refractivity contribution in [1.29, 1.82) is 0 Å². The van der Waals surface area contributed by atoms with E-state index in [-0.39, 0.29) is 5.92 Å². The Morgan fingerprint density at radius 1 is 1.05 bits per heavy atom. The van der Waals surface area contributed by atoms with E-state index in [1.165, 1.54) is 45.3 Å². The highest BCUT2D eigenvalue weighted by molar-refractivity contribution is 5.79. The van der Waals surface area contributed by atoms with Crippen LogP contribution in [0.2, 0.25) is 0 Å². The fourth-order valence-electron chi connectivity index (χ4n) is 3.79. The van der Waals surface area contributed by atoms with Crippen molar-refractivity contribution in [2.24, 2.45) is 11.8 Å². The number of nitrogens with zero attached hydrogens (tertiary/aromatic N) is 2. The lowest BCUT2D eigenvalue weighted by Crippen LogP contribution is -2.44. The van der Waals surface area contributed by atoms with Crippen molar-refractivity contribution < 1.29 is 4.79 Å². The number of amides is 1. The maximum atomic E-state index is 12.3. The number of carbonyl (C=O) groups excluding carboxylic acids is 1. The van der Waals surface area contributed by atoms with Gasteiger partial charge in [0.1, 0.15) is 0 Å². The summed E-state index contributed by atoms with van der Waals surface area (Å²) >= 11 is 0. The van der Waals surface area contributed by atoms with Gasteiger partial charge in [-0.1, -0.05) is 0 Å². The predicted octanol–water partition coefficient (Wildman–Crippen LogP) is 0.930. The minimum absolute atomic E-state index is 0.259. The summed E-state index contributed by atoms with van der Waals surface area (Å²) in [7, 11) is 0. The van der Waals surface area contributed by atoms with Crippen LogP contribution in [0.25, 0.3) is 0 Å². The fourth-order valence-corrected chi connectivity index (χ4v) is 3.79. The summed E-state index contributed by atoms with van der Waals surface area (Å²) in [5.41, 5.74) is 0. The molecule has 0 aromatic rings. The van der Waals surface area contributed by atoms with Gasteiger partial charge in [0.15, 0.2) is 0 Å². The van der Waals surface area contributed by atoms with Crippen molar-refractivity contribution in [3.05, 3.63) is 0 Å².